The summed E-state index contributed by atoms with van der Waals surface area (Å²) in [6, 6.07) is 0. The molecule has 0 aliphatic rings. The van der Waals surface area contributed by atoms with Crippen LogP contribution in [0.1, 0.15) is 26.7 Å². The van der Waals surface area contributed by atoms with Gasteiger partial charge < -0.3 is 4.42 Å². The number of allylic oxidation sites excluding steroid dienone is 5. The minimum absolute atomic E-state index is 0.329. The largest absolute Gasteiger partial charge is 0.403 e. The average Bonchev–Trinajstić information content (AvgIpc) is 2.38. The highest BCUT2D eigenvalue weighted by Crippen LogP contribution is 2.09. The number of hydrogen-bond donors (Lipinski definition) is 0. The van der Waals surface area contributed by atoms with E-state index in [1.54, 1.807) is 18.2 Å². The molecule has 0 aliphatic heterocycles. The fraction of sp³-hybridized carbons (Fsp3) is 0.200. The maximum atomic E-state index is 11.9. The van der Waals surface area contributed by atoms with Gasteiger partial charge in [0, 0.05) is 5.57 Å². The van der Waals surface area contributed by atoms with Crippen LogP contribution < -0.4 is 16.2 Å². The van der Waals surface area contributed by atoms with Crippen molar-refractivity contribution >= 4 is 17.7 Å². The van der Waals surface area contributed by atoms with E-state index >= 15 is 0 Å². The van der Waals surface area contributed by atoms with E-state index in [4.69, 9.17) is 4.42 Å². The Morgan fingerprint density at radius 2 is 2.06 bits per heavy atom. The molecule has 18 heavy (non-hydrogen) atoms. The Balaban J connectivity index is 3.66. The normalized spacial score (nSPS) is 14.5. The standard InChI is InChI=1S/C15H17NO2/c1-5-9-11(7-3)14-16-13(8-4)12(10-6-2)15(17)18-14/h5-10H,2H2,1,3-4H3/b9-5-,11-7+,12-10+,13-8+. The third kappa shape index (κ3) is 2.94. The van der Waals surface area contributed by atoms with Crippen LogP contribution in [0, 0.1) is 0 Å². The monoisotopic (exact) mass is 243 g/mol. The molecule has 0 aliphatic carbocycles. The average molecular weight is 243 g/mol. The molecular weight excluding hydrogens is 226 g/mol. The first-order chi connectivity index (χ1) is 8.67. The van der Waals surface area contributed by atoms with E-state index in [1.807, 2.05) is 39.0 Å². The second-order valence-electron chi connectivity index (χ2n) is 3.54. The smallest absolute Gasteiger partial charge is 0.347 e. The van der Waals surface area contributed by atoms with Crippen LogP contribution >= 0.6 is 0 Å². The van der Waals surface area contributed by atoms with E-state index in [0.717, 1.165) is 5.57 Å². The van der Waals surface area contributed by atoms with Gasteiger partial charge in [-0.05, 0) is 26.8 Å². The summed E-state index contributed by atoms with van der Waals surface area (Å²) >= 11 is 0. The van der Waals surface area contributed by atoms with Gasteiger partial charge in [-0.15, -0.1) is 0 Å². The maximum absolute atomic E-state index is 11.9. The molecule has 0 bridgehead atoms. The molecule has 3 heteroatoms. The number of aromatic nitrogens is 1. The van der Waals surface area contributed by atoms with Crippen molar-refractivity contribution in [3.63, 3.8) is 0 Å². The molecule has 0 amide bonds. The predicted molar refractivity (Wildman–Crippen MR) is 75.3 cm³/mol. The van der Waals surface area contributed by atoms with Crippen LogP contribution in [0.25, 0.3) is 17.7 Å². The van der Waals surface area contributed by atoms with Gasteiger partial charge in [0.15, 0.2) is 0 Å². The zero-order valence-corrected chi connectivity index (χ0v) is 10.9. The molecule has 0 saturated heterocycles. The molecule has 0 aromatic carbocycles. The zero-order valence-electron chi connectivity index (χ0n) is 10.9. The van der Waals surface area contributed by atoms with Gasteiger partial charge in [0.2, 0.25) is 5.89 Å². The summed E-state index contributed by atoms with van der Waals surface area (Å²) in [5.41, 5.74) is 0.375. The summed E-state index contributed by atoms with van der Waals surface area (Å²) in [6.45, 7) is 9.17. The SMILES string of the molecule is C=C/C=c1/c(=O)oc(C(/C=C\C)=C/C)n/c1=C/C. The molecule has 1 aromatic heterocycles. The summed E-state index contributed by atoms with van der Waals surface area (Å²) in [5.74, 6) is 0.329. The Morgan fingerprint density at radius 3 is 2.56 bits per heavy atom. The first-order valence-corrected chi connectivity index (χ1v) is 5.77. The highest BCUT2D eigenvalue weighted by Gasteiger charge is 2.05. The predicted octanol–water partition coefficient (Wildman–Crippen LogP) is 1.78. The molecule has 1 heterocycles. The lowest BCUT2D eigenvalue weighted by Gasteiger charge is -1.99. The minimum Gasteiger partial charge on any atom is -0.403 e. The number of nitrogens with zero attached hydrogens (tertiary/aromatic N) is 1. The third-order valence-corrected chi connectivity index (χ3v) is 2.37. The van der Waals surface area contributed by atoms with Gasteiger partial charge in [0.05, 0.1) is 10.6 Å². The van der Waals surface area contributed by atoms with Crippen molar-refractivity contribution < 1.29 is 4.42 Å². The molecule has 0 fully saturated rings. The molecule has 0 unspecified atom stereocenters. The molecule has 0 N–H and O–H groups in total. The van der Waals surface area contributed by atoms with E-state index in [9.17, 15) is 4.79 Å². The molecule has 0 radical (unpaired) electrons. The Kier molecular flexibility index (Phi) is 5.06. The second-order valence-corrected chi connectivity index (χ2v) is 3.54. The lowest BCUT2D eigenvalue weighted by atomic mass is 10.2. The molecule has 1 rings (SSSR count). The van der Waals surface area contributed by atoms with Crippen molar-refractivity contribution in [1.29, 1.82) is 0 Å². The van der Waals surface area contributed by atoms with Crippen LogP contribution in [-0.4, -0.2) is 4.98 Å². The summed E-state index contributed by atoms with van der Waals surface area (Å²) in [7, 11) is 0. The van der Waals surface area contributed by atoms with Crippen molar-refractivity contribution in [2.45, 2.75) is 20.8 Å². The van der Waals surface area contributed by atoms with Crippen molar-refractivity contribution in [2.24, 2.45) is 0 Å². The van der Waals surface area contributed by atoms with Crippen LogP contribution in [0.15, 0.2) is 40.1 Å². The van der Waals surface area contributed by atoms with Gasteiger partial charge in [-0.25, -0.2) is 9.78 Å². The van der Waals surface area contributed by atoms with Crippen molar-refractivity contribution in [2.75, 3.05) is 0 Å². The first kappa shape index (κ1) is 13.9. The van der Waals surface area contributed by atoms with Crippen molar-refractivity contribution in [1.82, 2.24) is 4.98 Å². The molecule has 0 spiro atoms. The fourth-order valence-electron chi connectivity index (χ4n) is 1.53. The Hall–Kier alpha value is -2.16. The Morgan fingerprint density at radius 1 is 1.33 bits per heavy atom. The van der Waals surface area contributed by atoms with E-state index in [2.05, 4.69) is 11.6 Å². The molecule has 3 nitrogen and oxygen atoms in total. The van der Waals surface area contributed by atoms with E-state index < -0.39 is 5.63 Å². The molecule has 1 aromatic rings. The van der Waals surface area contributed by atoms with Crippen LogP contribution in [0.2, 0.25) is 0 Å². The van der Waals surface area contributed by atoms with Gasteiger partial charge in [-0.2, -0.15) is 0 Å². The number of hydrogen-bond acceptors (Lipinski definition) is 3. The highest BCUT2D eigenvalue weighted by atomic mass is 16.4. The third-order valence-electron chi connectivity index (χ3n) is 2.37. The Bertz CT molecular complexity index is 661. The van der Waals surface area contributed by atoms with Crippen LogP contribution in [0.4, 0.5) is 0 Å². The van der Waals surface area contributed by atoms with Gasteiger partial charge in [0.25, 0.3) is 0 Å². The molecule has 0 saturated carbocycles. The topological polar surface area (TPSA) is 43.1 Å². The summed E-state index contributed by atoms with van der Waals surface area (Å²) in [5, 5.41) is 1.03. The minimum atomic E-state index is -0.406. The van der Waals surface area contributed by atoms with E-state index in [-0.39, 0.29) is 0 Å². The number of rotatable bonds is 3. The molecule has 94 valence electrons. The quantitative estimate of drug-likeness (QED) is 0.760. The summed E-state index contributed by atoms with van der Waals surface area (Å²) < 4.78 is 5.22. The van der Waals surface area contributed by atoms with Gasteiger partial charge in [-0.3, -0.25) is 0 Å². The van der Waals surface area contributed by atoms with Crippen molar-refractivity contribution in [3.8, 4) is 0 Å². The summed E-state index contributed by atoms with van der Waals surface area (Å²) in [4.78, 5) is 16.2. The maximum Gasteiger partial charge on any atom is 0.347 e. The Labute approximate surface area is 106 Å². The van der Waals surface area contributed by atoms with Gasteiger partial charge in [-0.1, -0.05) is 37.0 Å². The molecule has 0 atom stereocenters. The lowest BCUT2D eigenvalue weighted by molar-refractivity contribution is 0.467. The van der Waals surface area contributed by atoms with Gasteiger partial charge >= 0.3 is 5.63 Å². The fourth-order valence-corrected chi connectivity index (χ4v) is 1.53. The lowest BCUT2D eigenvalue weighted by Crippen LogP contribution is -2.41. The second kappa shape index (κ2) is 6.55. The first-order valence-electron chi connectivity index (χ1n) is 5.77. The van der Waals surface area contributed by atoms with Crippen LogP contribution in [0.5, 0.6) is 0 Å². The van der Waals surface area contributed by atoms with E-state index in [0.29, 0.717) is 16.5 Å². The highest BCUT2D eigenvalue weighted by molar-refractivity contribution is 5.67. The van der Waals surface area contributed by atoms with Crippen LogP contribution in [-0.2, 0) is 0 Å². The zero-order chi connectivity index (χ0) is 13.5. The van der Waals surface area contributed by atoms with Gasteiger partial charge in [0.1, 0.15) is 0 Å². The van der Waals surface area contributed by atoms with Crippen molar-refractivity contribution in [3.05, 3.63) is 57.8 Å². The van der Waals surface area contributed by atoms with E-state index in [1.165, 1.54) is 0 Å². The summed E-state index contributed by atoms with van der Waals surface area (Å²) in [6.07, 6.45) is 10.5. The van der Waals surface area contributed by atoms with Crippen LogP contribution in [0.3, 0.4) is 0 Å². The molecular formula is C15H17NO2.